The molecule has 166 valence electrons. The van der Waals surface area contributed by atoms with Gasteiger partial charge in [-0.3, -0.25) is 9.89 Å². The molecule has 2 aromatic rings. The van der Waals surface area contributed by atoms with E-state index in [2.05, 4.69) is 51.7 Å². The maximum absolute atomic E-state index is 6.00. The standard InChI is InChI=1S/C24H32N4O3/c1-18-15-28(10-11-29-18)16-20-7-5-6-19(12-20)13-26-24(25-2)27-14-21-17-30-22-8-3-4-9-23(22)31-21/h3-9,12,18,21H,10-11,13-17H2,1-2H3,(H2,25,26,27). The predicted octanol–water partition coefficient (Wildman–Crippen LogP) is 2.41. The minimum atomic E-state index is -0.0623. The predicted molar refractivity (Wildman–Crippen MR) is 122 cm³/mol. The minimum absolute atomic E-state index is 0.0623. The van der Waals surface area contributed by atoms with Crippen LogP contribution in [0, 0.1) is 0 Å². The number of ether oxygens (including phenoxy) is 3. The summed E-state index contributed by atoms with van der Waals surface area (Å²) in [5, 5.41) is 6.73. The summed E-state index contributed by atoms with van der Waals surface area (Å²) < 4.78 is 17.4. The Labute approximate surface area is 184 Å². The Morgan fingerprint density at radius 3 is 2.77 bits per heavy atom. The van der Waals surface area contributed by atoms with Crippen molar-refractivity contribution in [3.05, 3.63) is 59.7 Å². The van der Waals surface area contributed by atoms with Gasteiger partial charge in [-0.05, 0) is 30.2 Å². The van der Waals surface area contributed by atoms with Crippen molar-refractivity contribution in [2.45, 2.75) is 32.2 Å². The maximum atomic E-state index is 6.00. The summed E-state index contributed by atoms with van der Waals surface area (Å²) in [6.45, 7) is 7.71. The quantitative estimate of drug-likeness (QED) is 0.548. The number of nitrogens with zero attached hydrogens (tertiary/aromatic N) is 2. The number of rotatable bonds is 6. The lowest BCUT2D eigenvalue weighted by Gasteiger charge is -2.31. The minimum Gasteiger partial charge on any atom is -0.486 e. The molecule has 1 saturated heterocycles. The van der Waals surface area contributed by atoms with Crippen LogP contribution in [0.15, 0.2) is 53.5 Å². The molecule has 2 unspecified atom stereocenters. The summed E-state index contributed by atoms with van der Waals surface area (Å²) in [7, 11) is 1.78. The highest BCUT2D eigenvalue weighted by molar-refractivity contribution is 5.79. The maximum Gasteiger partial charge on any atom is 0.191 e. The van der Waals surface area contributed by atoms with Gasteiger partial charge in [0, 0.05) is 33.2 Å². The average Bonchev–Trinajstić information content (AvgIpc) is 2.79. The zero-order valence-electron chi connectivity index (χ0n) is 18.3. The molecular formula is C24H32N4O3. The van der Waals surface area contributed by atoms with Gasteiger partial charge in [-0.25, -0.2) is 0 Å². The van der Waals surface area contributed by atoms with Crippen molar-refractivity contribution in [1.29, 1.82) is 0 Å². The third-order valence-corrected chi connectivity index (χ3v) is 5.47. The van der Waals surface area contributed by atoms with Crippen LogP contribution >= 0.6 is 0 Å². The molecule has 1 fully saturated rings. The van der Waals surface area contributed by atoms with E-state index in [1.165, 1.54) is 11.1 Å². The molecule has 0 radical (unpaired) electrons. The normalized spacial score (nSPS) is 21.5. The van der Waals surface area contributed by atoms with E-state index in [1.54, 1.807) is 7.05 Å². The van der Waals surface area contributed by atoms with Crippen molar-refractivity contribution < 1.29 is 14.2 Å². The molecule has 2 heterocycles. The molecule has 7 heteroatoms. The van der Waals surface area contributed by atoms with Crippen molar-refractivity contribution >= 4 is 5.96 Å². The zero-order valence-corrected chi connectivity index (χ0v) is 18.3. The third-order valence-electron chi connectivity index (χ3n) is 5.47. The van der Waals surface area contributed by atoms with Gasteiger partial charge in [0.25, 0.3) is 0 Å². The monoisotopic (exact) mass is 424 g/mol. The van der Waals surface area contributed by atoms with Crippen LogP contribution in [0.3, 0.4) is 0 Å². The van der Waals surface area contributed by atoms with Crippen LogP contribution < -0.4 is 20.1 Å². The topological polar surface area (TPSA) is 67.4 Å². The summed E-state index contributed by atoms with van der Waals surface area (Å²) in [6, 6.07) is 16.5. The molecule has 0 amide bonds. The number of benzene rings is 2. The van der Waals surface area contributed by atoms with E-state index >= 15 is 0 Å². The van der Waals surface area contributed by atoms with Gasteiger partial charge in [-0.1, -0.05) is 36.4 Å². The van der Waals surface area contributed by atoms with Gasteiger partial charge in [0.15, 0.2) is 17.5 Å². The van der Waals surface area contributed by atoms with Crippen LogP contribution in [0.5, 0.6) is 11.5 Å². The van der Waals surface area contributed by atoms with Gasteiger partial charge in [-0.15, -0.1) is 0 Å². The first-order valence-electron chi connectivity index (χ1n) is 10.9. The summed E-state index contributed by atoms with van der Waals surface area (Å²) >= 11 is 0. The van der Waals surface area contributed by atoms with Gasteiger partial charge in [0.05, 0.1) is 19.3 Å². The Balaban J connectivity index is 1.24. The highest BCUT2D eigenvalue weighted by Gasteiger charge is 2.20. The van der Waals surface area contributed by atoms with Gasteiger partial charge >= 0.3 is 0 Å². The highest BCUT2D eigenvalue weighted by Crippen LogP contribution is 2.30. The van der Waals surface area contributed by atoms with Gasteiger partial charge in [-0.2, -0.15) is 0 Å². The number of para-hydroxylation sites is 2. The van der Waals surface area contributed by atoms with Crippen LogP contribution in [0.2, 0.25) is 0 Å². The fourth-order valence-corrected chi connectivity index (χ4v) is 3.91. The molecule has 0 spiro atoms. The van der Waals surface area contributed by atoms with E-state index in [9.17, 15) is 0 Å². The third kappa shape index (κ3) is 6.12. The van der Waals surface area contributed by atoms with E-state index in [-0.39, 0.29) is 6.10 Å². The Hall–Kier alpha value is -2.77. The van der Waals surface area contributed by atoms with Gasteiger partial charge in [0.1, 0.15) is 12.7 Å². The summed E-state index contributed by atoms with van der Waals surface area (Å²) in [6.07, 6.45) is 0.243. The molecule has 0 aliphatic carbocycles. The lowest BCUT2D eigenvalue weighted by Crippen LogP contribution is -2.45. The van der Waals surface area contributed by atoms with E-state index in [4.69, 9.17) is 14.2 Å². The molecule has 0 aromatic heterocycles. The molecule has 4 rings (SSSR count). The summed E-state index contributed by atoms with van der Waals surface area (Å²) in [4.78, 5) is 6.78. The number of hydrogen-bond acceptors (Lipinski definition) is 5. The second-order valence-electron chi connectivity index (χ2n) is 8.04. The zero-order chi connectivity index (χ0) is 21.5. The Morgan fingerprint density at radius 2 is 1.94 bits per heavy atom. The van der Waals surface area contributed by atoms with E-state index in [1.807, 2.05) is 24.3 Å². The molecule has 2 aromatic carbocycles. The number of aliphatic imine (C=N–C) groups is 1. The number of nitrogens with one attached hydrogen (secondary N) is 2. The lowest BCUT2D eigenvalue weighted by atomic mass is 10.1. The van der Waals surface area contributed by atoms with Crippen molar-refractivity contribution in [3.63, 3.8) is 0 Å². The van der Waals surface area contributed by atoms with Crippen LogP contribution in [-0.2, 0) is 17.8 Å². The van der Waals surface area contributed by atoms with Crippen molar-refractivity contribution in [1.82, 2.24) is 15.5 Å². The molecule has 2 atom stereocenters. The molecule has 2 aliphatic rings. The first kappa shape index (κ1) is 21.5. The van der Waals surface area contributed by atoms with Crippen LogP contribution in [0.1, 0.15) is 18.1 Å². The number of hydrogen-bond donors (Lipinski definition) is 2. The molecule has 7 nitrogen and oxygen atoms in total. The van der Waals surface area contributed by atoms with Crippen LogP contribution in [-0.4, -0.2) is 63.0 Å². The van der Waals surface area contributed by atoms with Crippen molar-refractivity contribution in [2.24, 2.45) is 4.99 Å². The second-order valence-corrected chi connectivity index (χ2v) is 8.04. The smallest absolute Gasteiger partial charge is 0.191 e. The molecule has 0 bridgehead atoms. The van der Waals surface area contributed by atoms with Crippen molar-refractivity contribution in [3.8, 4) is 11.5 Å². The van der Waals surface area contributed by atoms with E-state index in [0.717, 1.165) is 43.7 Å². The molecular weight excluding hydrogens is 392 g/mol. The fraction of sp³-hybridized carbons (Fsp3) is 0.458. The average molecular weight is 425 g/mol. The van der Waals surface area contributed by atoms with E-state index in [0.29, 0.717) is 25.8 Å². The fourth-order valence-electron chi connectivity index (χ4n) is 3.91. The number of guanidine groups is 1. The second kappa shape index (κ2) is 10.5. The molecule has 2 N–H and O–H groups in total. The Morgan fingerprint density at radius 1 is 1.10 bits per heavy atom. The molecule has 31 heavy (non-hydrogen) atoms. The summed E-state index contributed by atoms with van der Waals surface area (Å²) in [5.41, 5.74) is 2.55. The van der Waals surface area contributed by atoms with Gasteiger partial charge < -0.3 is 24.8 Å². The lowest BCUT2D eigenvalue weighted by molar-refractivity contribution is -0.0212. The first-order valence-corrected chi connectivity index (χ1v) is 10.9. The first-order chi connectivity index (χ1) is 15.2. The number of morpholine rings is 1. The largest absolute Gasteiger partial charge is 0.486 e. The Kier molecular flexibility index (Phi) is 7.27. The van der Waals surface area contributed by atoms with E-state index < -0.39 is 0 Å². The van der Waals surface area contributed by atoms with Crippen molar-refractivity contribution in [2.75, 3.05) is 39.9 Å². The molecule has 2 aliphatic heterocycles. The summed E-state index contributed by atoms with van der Waals surface area (Å²) in [5.74, 6) is 2.33. The van der Waals surface area contributed by atoms with Crippen LogP contribution in [0.25, 0.3) is 0 Å². The highest BCUT2D eigenvalue weighted by atomic mass is 16.6. The van der Waals surface area contributed by atoms with Gasteiger partial charge in [0.2, 0.25) is 0 Å². The molecule has 0 saturated carbocycles. The SMILES string of the molecule is CN=C(NCc1cccc(CN2CCOC(C)C2)c1)NCC1COc2ccccc2O1. The van der Waals surface area contributed by atoms with Crippen LogP contribution in [0.4, 0.5) is 0 Å². The Bertz CT molecular complexity index is 889. The number of fused-ring (bicyclic) bond motifs is 1.